The minimum absolute atomic E-state index is 0.102. The summed E-state index contributed by atoms with van der Waals surface area (Å²) in [6.07, 6.45) is 4.07. The van der Waals surface area contributed by atoms with Crippen LogP contribution in [0.3, 0.4) is 0 Å². The Morgan fingerprint density at radius 1 is 1.32 bits per heavy atom. The van der Waals surface area contributed by atoms with Crippen molar-refractivity contribution in [2.75, 3.05) is 6.61 Å². The molecule has 2 aromatic heterocycles. The highest BCUT2D eigenvalue weighted by Crippen LogP contribution is 2.37. The second kappa shape index (κ2) is 7.45. The molecule has 1 atom stereocenters. The highest BCUT2D eigenvalue weighted by Gasteiger charge is 2.16. The lowest BCUT2D eigenvalue weighted by Gasteiger charge is -2.07. The van der Waals surface area contributed by atoms with Crippen LogP contribution >= 0.6 is 11.3 Å². The first-order chi connectivity index (χ1) is 12.1. The number of nitriles is 1. The predicted molar refractivity (Wildman–Crippen MR) is 99.4 cm³/mol. The van der Waals surface area contributed by atoms with Crippen LogP contribution in [0.15, 0.2) is 42.7 Å². The molecule has 3 rings (SSSR count). The lowest BCUT2D eigenvalue weighted by molar-refractivity contribution is -0.143. The molecule has 0 aliphatic heterocycles. The third kappa shape index (κ3) is 3.70. The maximum Gasteiger partial charge on any atom is 0.306 e. The van der Waals surface area contributed by atoms with Crippen LogP contribution in [0, 0.1) is 11.3 Å². The quantitative estimate of drug-likeness (QED) is 0.615. The van der Waals surface area contributed by atoms with Gasteiger partial charge in [-0.2, -0.15) is 5.26 Å². The van der Waals surface area contributed by atoms with Gasteiger partial charge in [0.15, 0.2) is 0 Å². The zero-order valence-electron chi connectivity index (χ0n) is 14.2. The Morgan fingerprint density at radius 3 is 2.76 bits per heavy atom. The SMILES string of the molecule is CCOC(=O)CC(C)c1cc2c(-c3ccc(C#N)cc3)cncc2s1. The molecule has 2 heterocycles. The average molecular weight is 350 g/mol. The van der Waals surface area contributed by atoms with Gasteiger partial charge in [-0.25, -0.2) is 0 Å². The summed E-state index contributed by atoms with van der Waals surface area (Å²) >= 11 is 1.66. The molecule has 0 bridgehead atoms. The van der Waals surface area contributed by atoms with Gasteiger partial charge in [0.25, 0.3) is 0 Å². The first kappa shape index (κ1) is 17.1. The summed E-state index contributed by atoms with van der Waals surface area (Å²) < 4.78 is 6.14. The molecule has 1 unspecified atom stereocenters. The highest BCUT2D eigenvalue weighted by molar-refractivity contribution is 7.19. The molecular formula is C20H18N2O2S. The van der Waals surface area contributed by atoms with Gasteiger partial charge in [0.2, 0.25) is 0 Å². The third-order valence-electron chi connectivity index (χ3n) is 4.05. The van der Waals surface area contributed by atoms with Crippen LogP contribution in [0.4, 0.5) is 0 Å². The lowest BCUT2D eigenvalue weighted by atomic mass is 10.0. The second-order valence-corrected chi connectivity index (χ2v) is 6.96. The minimum atomic E-state index is -0.169. The molecule has 0 spiro atoms. The maximum atomic E-state index is 11.7. The van der Waals surface area contributed by atoms with Crippen molar-refractivity contribution in [2.45, 2.75) is 26.2 Å². The minimum Gasteiger partial charge on any atom is -0.466 e. The van der Waals surface area contributed by atoms with Crippen molar-refractivity contribution in [2.24, 2.45) is 0 Å². The van der Waals surface area contributed by atoms with Crippen molar-refractivity contribution in [1.29, 1.82) is 5.26 Å². The Hall–Kier alpha value is -2.71. The number of aromatic nitrogens is 1. The largest absolute Gasteiger partial charge is 0.466 e. The maximum absolute atomic E-state index is 11.7. The van der Waals surface area contributed by atoms with Gasteiger partial charge in [-0.3, -0.25) is 9.78 Å². The number of rotatable bonds is 5. The fourth-order valence-electron chi connectivity index (χ4n) is 2.75. The number of ether oxygens (including phenoxy) is 1. The van der Waals surface area contributed by atoms with Crippen LogP contribution in [0.1, 0.15) is 36.6 Å². The van der Waals surface area contributed by atoms with Crippen molar-refractivity contribution in [3.8, 4) is 17.2 Å². The fraction of sp³-hybridized carbons (Fsp3) is 0.250. The molecule has 5 heteroatoms. The zero-order valence-corrected chi connectivity index (χ0v) is 15.0. The van der Waals surface area contributed by atoms with Crippen molar-refractivity contribution in [1.82, 2.24) is 4.98 Å². The Bertz CT molecular complexity index is 938. The van der Waals surface area contributed by atoms with E-state index < -0.39 is 0 Å². The summed E-state index contributed by atoms with van der Waals surface area (Å²) in [6.45, 7) is 4.26. The Kier molecular flexibility index (Phi) is 5.11. The molecule has 0 N–H and O–H groups in total. The van der Waals surface area contributed by atoms with Crippen molar-refractivity contribution in [3.63, 3.8) is 0 Å². The first-order valence-electron chi connectivity index (χ1n) is 8.16. The number of nitrogens with zero attached hydrogens (tertiary/aromatic N) is 2. The molecular weight excluding hydrogens is 332 g/mol. The van der Waals surface area contributed by atoms with Crippen molar-refractivity contribution in [3.05, 3.63) is 53.2 Å². The van der Waals surface area contributed by atoms with E-state index in [1.807, 2.05) is 50.5 Å². The number of thiophene rings is 1. The topological polar surface area (TPSA) is 63.0 Å². The van der Waals surface area contributed by atoms with Crippen LogP contribution in [-0.4, -0.2) is 17.6 Å². The lowest BCUT2D eigenvalue weighted by Crippen LogP contribution is -2.07. The summed E-state index contributed by atoms with van der Waals surface area (Å²) in [5, 5.41) is 10.1. The highest BCUT2D eigenvalue weighted by atomic mass is 32.1. The summed E-state index contributed by atoms with van der Waals surface area (Å²) in [7, 11) is 0. The van der Waals surface area contributed by atoms with Gasteiger partial charge >= 0.3 is 5.97 Å². The summed E-state index contributed by atoms with van der Waals surface area (Å²) in [6, 6.07) is 11.8. The molecule has 0 saturated heterocycles. The molecule has 25 heavy (non-hydrogen) atoms. The number of esters is 1. The van der Waals surface area contributed by atoms with E-state index in [-0.39, 0.29) is 11.9 Å². The van der Waals surface area contributed by atoms with Gasteiger partial charge < -0.3 is 4.74 Å². The molecule has 4 nitrogen and oxygen atoms in total. The monoisotopic (exact) mass is 350 g/mol. The Balaban J connectivity index is 1.95. The van der Waals surface area contributed by atoms with Gasteiger partial charge in [-0.15, -0.1) is 11.3 Å². The first-order valence-corrected chi connectivity index (χ1v) is 8.97. The van der Waals surface area contributed by atoms with E-state index in [1.54, 1.807) is 11.3 Å². The van der Waals surface area contributed by atoms with Crippen molar-refractivity contribution < 1.29 is 9.53 Å². The second-order valence-electron chi connectivity index (χ2n) is 5.85. The molecule has 0 aliphatic rings. The number of hydrogen-bond acceptors (Lipinski definition) is 5. The van der Waals surface area contributed by atoms with Gasteiger partial charge in [-0.1, -0.05) is 19.1 Å². The van der Waals surface area contributed by atoms with E-state index in [0.29, 0.717) is 18.6 Å². The molecule has 126 valence electrons. The Morgan fingerprint density at radius 2 is 2.08 bits per heavy atom. The number of pyridine rings is 1. The molecule has 0 amide bonds. The normalized spacial score (nSPS) is 11.9. The van der Waals surface area contributed by atoms with E-state index in [1.165, 1.54) is 0 Å². The van der Waals surface area contributed by atoms with Gasteiger partial charge in [-0.05, 0) is 30.7 Å². The van der Waals surface area contributed by atoms with Crippen LogP contribution in [-0.2, 0) is 9.53 Å². The van der Waals surface area contributed by atoms with Crippen LogP contribution in [0.25, 0.3) is 21.2 Å². The van der Waals surface area contributed by atoms with Gasteiger partial charge in [0.05, 0.1) is 29.4 Å². The molecule has 1 aromatic carbocycles. The van der Waals surface area contributed by atoms with Crippen LogP contribution in [0.5, 0.6) is 0 Å². The third-order valence-corrected chi connectivity index (χ3v) is 5.36. The predicted octanol–water partition coefficient (Wildman–Crippen LogP) is 4.89. The summed E-state index contributed by atoms with van der Waals surface area (Å²) in [5.74, 6) is -0.0665. The van der Waals surface area contributed by atoms with Crippen molar-refractivity contribution >= 4 is 27.4 Å². The van der Waals surface area contributed by atoms with E-state index >= 15 is 0 Å². The number of carbonyl (C=O) groups excluding carboxylic acids is 1. The van der Waals surface area contributed by atoms with E-state index in [0.717, 1.165) is 26.1 Å². The number of benzene rings is 1. The summed E-state index contributed by atoms with van der Waals surface area (Å²) in [5.41, 5.74) is 2.70. The van der Waals surface area contributed by atoms with Crippen LogP contribution in [0.2, 0.25) is 0 Å². The number of fused-ring (bicyclic) bond motifs is 1. The fourth-order valence-corrected chi connectivity index (χ4v) is 3.86. The van der Waals surface area contributed by atoms with Gasteiger partial charge in [0, 0.05) is 34.1 Å². The molecule has 3 aromatic rings. The Labute approximate surface area is 150 Å². The van der Waals surface area contributed by atoms with E-state index in [4.69, 9.17) is 10.00 Å². The number of carbonyl (C=O) groups is 1. The molecule has 0 aliphatic carbocycles. The van der Waals surface area contributed by atoms with E-state index in [2.05, 4.69) is 17.1 Å². The standard InChI is InChI=1S/C20H18N2O2S/c1-3-24-20(23)8-13(2)18-9-16-17(11-22-12-19(16)25-18)15-6-4-14(10-21)5-7-15/h4-7,9,11-13H,3,8H2,1-2H3. The smallest absolute Gasteiger partial charge is 0.306 e. The molecule has 0 fully saturated rings. The molecule has 0 radical (unpaired) electrons. The zero-order chi connectivity index (χ0) is 17.8. The molecule has 0 saturated carbocycles. The number of hydrogen-bond donors (Lipinski definition) is 0. The summed E-state index contributed by atoms with van der Waals surface area (Å²) in [4.78, 5) is 17.2. The van der Waals surface area contributed by atoms with E-state index in [9.17, 15) is 4.79 Å². The van der Waals surface area contributed by atoms with Gasteiger partial charge in [0.1, 0.15) is 0 Å². The average Bonchev–Trinajstić information content (AvgIpc) is 3.06. The van der Waals surface area contributed by atoms with Crippen LogP contribution < -0.4 is 0 Å².